The van der Waals surface area contributed by atoms with E-state index in [1.54, 1.807) is 19.4 Å². The standard InChI is InChI=1S/C16H26N4O3/c1-22-10-2-4-17-14-3-5-18-15(13-14)16(21)19-6-7-20-8-11-23-12-9-20/h3,5,13H,2,4,6-12H2,1H3,(H,17,18)(H,19,21). The summed E-state index contributed by atoms with van der Waals surface area (Å²) in [5, 5.41) is 6.18. The Hall–Kier alpha value is -1.70. The first-order valence-electron chi connectivity index (χ1n) is 8.07. The molecular weight excluding hydrogens is 296 g/mol. The molecule has 2 rings (SSSR count). The van der Waals surface area contributed by atoms with Gasteiger partial charge in [0.1, 0.15) is 5.69 Å². The van der Waals surface area contributed by atoms with Crippen molar-refractivity contribution in [3.05, 3.63) is 24.0 Å². The molecule has 0 unspecified atom stereocenters. The van der Waals surface area contributed by atoms with Gasteiger partial charge in [-0.2, -0.15) is 0 Å². The monoisotopic (exact) mass is 322 g/mol. The Morgan fingerprint density at radius 2 is 2.22 bits per heavy atom. The highest BCUT2D eigenvalue weighted by Crippen LogP contribution is 2.08. The minimum Gasteiger partial charge on any atom is -0.385 e. The Morgan fingerprint density at radius 3 is 3.00 bits per heavy atom. The number of aromatic nitrogens is 1. The molecule has 0 bridgehead atoms. The highest BCUT2D eigenvalue weighted by molar-refractivity contribution is 5.93. The third-order valence-electron chi connectivity index (χ3n) is 3.66. The van der Waals surface area contributed by atoms with Crippen LogP contribution in [0.5, 0.6) is 0 Å². The van der Waals surface area contributed by atoms with E-state index in [0.29, 0.717) is 18.8 Å². The number of hydrogen-bond acceptors (Lipinski definition) is 6. The van der Waals surface area contributed by atoms with Crippen molar-refractivity contribution in [2.24, 2.45) is 0 Å². The van der Waals surface area contributed by atoms with Gasteiger partial charge in [0.25, 0.3) is 5.91 Å². The van der Waals surface area contributed by atoms with E-state index in [-0.39, 0.29) is 5.91 Å². The molecule has 7 heteroatoms. The van der Waals surface area contributed by atoms with Gasteiger partial charge in [0.05, 0.1) is 13.2 Å². The maximum atomic E-state index is 12.2. The summed E-state index contributed by atoms with van der Waals surface area (Å²) in [6.45, 7) is 6.36. The van der Waals surface area contributed by atoms with Gasteiger partial charge in [-0.1, -0.05) is 0 Å². The van der Waals surface area contributed by atoms with Crippen LogP contribution in [0.15, 0.2) is 18.3 Å². The van der Waals surface area contributed by atoms with Crippen molar-refractivity contribution < 1.29 is 14.3 Å². The van der Waals surface area contributed by atoms with E-state index in [9.17, 15) is 4.79 Å². The third-order valence-corrected chi connectivity index (χ3v) is 3.66. The summed E-state index contributed by atoms with van der Waals surface area (Å²) in [6.07, 6.45) is 2.56. The van der Waals surface area contributed by atoms with Crippen LogP contribution >= 0.6 is 0 Å². The van der Waals surface area contributed by atoms with E-state index in [2.05, 4.69) is 20.5 Å². The number of methoxy groups -OCH3 is 1. The minimum atomic E-state index is -0.140. The molecule has 2 heterocycles. The summed E-state index contributed by atoms with van der Waals surface area (Å²) in [6, 6.07) is 3.63. The Balaban J connectivity index is 1.72. The van der Waals surface area contributed by atoms with Crippen molar-refractivity contribution in [3.8, 4) is 0 Å². The smallest absolute Gasteiger partial charge is 0.269 e. The van der Waals surface area contributed by atoms with Gasteiger partial charge in [-0.15, -0.1) is 0 Å². The first-order valence-corrected chi connectivity index (χ1v) is 8.07. The predicted octanol–water partition coefficient (Wildman–Crippen LogP) is 0.592. The fourth-order valence-corrected chi connectivity index (χ4v) is 2.36. The zero-order valence-corrected chi connectivity index (χ0v) is 13.7. The van der Waals surface area contributed by atoms with Gasteiger partial charge in [0.15, 0.2) is 0 Å². The number of nitrogens with zero attached hydrogens (tertiary/aromatic N) is 2. The van der Waals surface area contributed by atoms with E-state index >= 15 is 0 Å². The lowest BCUT2D eigenvalue weighted by atomic mass is 10.3. The van der Waals surface area contributed by atoms with Crippen LogP contribution in [0.4, 0.5) is 5.69 Å². The minimum absolute atomic E-state index is 0.140. The van der Waals surface area contributed by atoms with Crippen LogP contribution in [0.3, 0.4) is 0 Å². The summed E-state index contributed by atoms with van der Waals surface area (Å²) in [4.78, 5) is 18.6. The van der Waals surface area contributed by atoms with E-state index in [0.717, 1.165) is 51.5 Å². The number of ether oxygens (including phenoxy) is 2. The molecule has 1 fully saturated rings. The fourth-order valence-electron chi connectivity index (χ4n) is 2.36. The van der Waals surface area contributed by atoms with Crippen molar-refractivity contribution in [2.75, 3.05) is 65.0 Å². The average Bonchev–Trinajstić information content (AvgIpc) is 2.60. The summed E-state index contributed by atoms with van der Waals surface area (Å²) in [5.74, 6) is -0.140. The molecule has 0 aliphatic carbocycles. The quantitative estimate of drug-likeness (QED) is 0.648. The lowest BCUT2D eigenvalue weighted by Gasteiger charge is -2.26. The Labute approximate surface area is 137 Å². The summed E-state index contributed by atoms with van der Waals surface area (Å²) >= 11 is 0. The fraction of sp³-hybridized carbons (Fsp3) is 0.625. The number of morpholine rings is 1. The number of hydrogen-bond donors (Lipinski definition) is 2. The molecule has 0 aromatic carbocycles. The van der Waals surface area contributed by atoms with Crippen LogP contribution in [0.1, 0.15) is 16.9 Å². The van der Waals surface area contributed by atoms with Gasteiger partial charge in [0, 0.05) is 58.3 Å². The van der Waals surface area contributed by atoms with Crippen LogP contribution in [0.25, 0.3) is 0 Å². The molecule has 0 spiro atoms. The van der Waals surface area contributed by atoms with E-state index < -0.39 is 0 Å². The summed E-state index contributed by atoms with van der Waals surface area (Å²) in [5.41, 5.74) is 1.33. The number of rotatable bonds is 9. The van der Waals surface area contributed by atoms with Crippen molar-refractivity contribution >= 4 is 11.6 Å². The maximum absolute atomic E-state index is 12.2. The molecule has 1 saturated heterocycles. The van der Waals surface area contributed by atoms with E-state index in [1.807, 2.05) is 6.07 Å². The molecule has 0 radical (unpaired) electrons. The first kappa shape index (κ1) is 17.7. The molecule has 0 atom stereocenters. The second-order valence-electron chi connectivity index (χ2n) is 5.41. The molecule has 1 aromatic rings. The van der Waals surface area contributed by atoms with Gasteiger partial charge in [-0.25, -0.2) is 0 Å². The molecule has 1 amide bonds. The molecule has 7 nitrogen and oxygen atoms in total. The van der Waals surface area contributed by atoms with Crippen LogP contribution < -0.4 is 10.6 Å². The normalized spacial score (nSPS) is 15.3. The van der Waals surface area contributed by atoms with Crippen molar-refractivity contribution in [1.82, 2.24) is 15.2 Å². The number of pyridine rings is 1. The molecule has 2 N–H and O–H groups in total. The molecule has 0 saturated carbocycles. The lowest BCUT2D eigenvalue weighted by molar-refractivity contribution is 0.0383. The topological polar surface area (TPSA) is 75.7 Å². The van der Waals surface area contributed by atoms with Gasteiger partial charge in [-0.3, -0.25) is 14.7 Å². The lowest BCUT2D eigenvalue weighted by Crippen LogP contribution is -2.41. The number of nitrogens with one attached hydrogen (secondary N) is 2. The zero-order valence-electron chi connectivity index (χ0n) is 13.7. The van der Waals surface area contributed by atoms with Crippen LogP contribution in [0.2, 0.25) is 0 Å². The molecular formula is C16H26N4O3. The largest absolute Gasteiger partial charge is 0.385 e. The molecule has 1 aliphatic rings. The predicted molar refractivity (Wildman–Crippen MR) is 88.8 cm³/mol. The SMILES string of the molecule is COCCCNc1ccnc(C(=O)NCCN2CCOCC2)c1. The molecule has 1 aliphatic heterocycles. The highest BCUT2D eigenvalue weighted by Gasteiger charge is 2.11. The van der Waals surface area contributed by atoms with Crippen molar-refractivity contribution in [2.45, 2.75) is 6.42 Å². The maximum Gasteiger partial charge on any atom is 0.269 e. The van der Waals surface area contributed by atoms with Gasteiger partial charge in [0.2, 0.25) is 0 Å². The van der Waals surface area contributed by atoms with Gasteiger partial charge in [-0.05, 0) is 18.6 Å². The average molecular weight is 322 g/mol. The molecule has 23 heavy (non-hydrogen) atoms. The molecule has 128 valence electrons. The zero-order chi connectivity index (χ0) is 16.3. The summed E-state index contributed by atoms with van der Waals surface area (Å²) in [7, 11) is 1.69. The van der Waals surface area contributed by atoms with Crippen molar-refractivity contribution in [1.29, 1.82) is 0 Å². The highest BCUT2D eigenvalue weighted by atomic mass is 16.5. The van der Waals surface area contributed by atoms with Crippen molar-refractivity contribution in [3.63, 3.8) is 0 Å². The van der Waals surface area contributed by atoms with Crippen LogP contribution in [-0.4, -0.2) is 75.4 Å². The second kappa shape index (κ2) is 10.1. The first-order chi connectivity index (χ1) is 11.3. The van der Waals surface area contributed by atoms with Gasteiger partial charge >= 0.3 is 0 Å². The Bertz CT molecular complexity index is 478. The van der Waals surface area contributed by atoms with Gasteiger partial charge < -0.3 is 20.1 Å². The van der Waals surface area contributed by atoms with Crippen LogP contribution in [0, 0.1) is 0 Å². The molecule has 1 aromatic heterocycles. The van der Waals surface area contributed by atoms with E-state index in [1.165, 1.54) is 0 Å². The summed E-state index contributed by atoms with van der Waals surface area (Å²) < 4.78 is 10.3. The third kappa shape index (κ3) is 6.52. The number of amides is 1. The second-order valence-corrected chi connectivity index (χ2v) is 5.41. The Morgan fingerprint density at radius 1 is 1.39 bits per heavy atom. The number of carbonyl (C=O) groups is 1. The van der Waals surface area contributed by atoms with E-state index in [4.69, 9.17) is 9.47 Å². The Kier molecular flexibility index (Phi) is 7.79. The van der Waals surface area contributed by atoms with Crippen LogP contribution in [-0.2, 0) is 9.47 Å². The number of anilines is 1. The number of carbonyl (C=O) groups excluding carboxylic acids is 1.